The highest BCUT2D eigenvalue weighted by Gasteiger charge is 2.17. The van der Waals surface area contributed by atoms with Gasteiger partial charge in [-0.1, -0.05) is 12.2 Å². The first-order valence-corrected chi connectivity index (χ1v) is 5.18. The number of carbonyl (C=O) groups is 1. The second-order valence-corrected chi connectivity index (χ2v) is 3.81. The molecule has 15 heavy (non-hydrogen) atoms. The molecule has 3 heteroatoms. The molecule has 0 aromatic carbocycles. The minimum absolute atomic E-state index is 0.113. The Hall–Kier alpha value is -1.09. The molecule has 1 atom stereocenters. The molecule has 0 aromatic heterocycles. The van der Waals surface area contributed by atoms with Crippen LogP contribution < -0.4 is 0 Å². The topological polar surface area (TPSA) is 35.5 Å². The van der Waals surface area contributed by atoms with Crippen molar-refractivity contribution in [3.8, 4) is 0 Å². The number of esters is 1. The third-order valence-corrected chi connectivity index (χ3v) is 2.45. The minimum Gasteiger partial charge on any atom is -0.462 e. The van der Waals surface area contributed by atoms with Gasteiger partial charge in [0.05, 0.1) is 12.7 Å². The Bertz CT molecular complexity index is 279. The number of carbonyl (C=O) groups excluding carboxylic acids is 1. The predicted octanol–water partition coefficient (Wildman–Crippen LogP) is 2.23. The maximum Gasteiger partial charge on any atom is 0.302 e. The molecule has 0 saturated carbocycles. The van der Waals surface area contributed by atoms with Crippen LogP contribution in [-0.4, -0.2) is 25.3 Å². The molecule has 84 valence electrons. The molecular weight excluding hydrogens is 192 g/mol. The summed E-state index contributed by atoms with van der Waals surface area (Å²) in [5.74, 6) is -0.256. The van der Waals surface area contributed by atoms with Crippen LogP contribution in [0.2, 0.25) is 0 Å². The van der Waals surface area contributed by atoms with E-state index in [0.29, 0.717) is 6.61 Å². The molecule has 0 radical (unpaired) electrons. The quantitative estimate of drug-likeness (QED) is 0.529. The van der Waals surface area contributed by atoms with Crippen molar-refractivity contribution < 1.29 is 14.3 Å². The summed E-state index contributed by atoms with van der Waals surface area (Å²) < 4.78 is 10.4. The van der Waals surface area contributed by atoms with Gasteiger partial charge in [0.1, 0.15) is 6.61 Å². The lowest BCUT2D eigenvalue weighted by atomic mass is 9.99. The van der Waals surface area contributed by atoms with Gasteiger partial charge in [0.25, 0.3) is 0 Å². The predicted molar refractivity (Wildman–Crippen MR) is 58.5 cm³/mol. The summed E-state index contributed by atoms with van der Waals surface area (Å²) >= 11 is 0. The summed E-state index contributed by atoms with van der Waals surface area (Å²) in [7, 11) is 0. The molecule has 0 bridgehead atoms. The van der Waals surface area contributed by atoms with Crippen molar-refractivity contribution in [1.29, 1.82) is 0 Å². The van der Waals surface area contributed by atoms with Gasteiger partial charge in [-0.3, -0.25) is 4.79 Å². The Morgan fingerprint density at radius 3 is 3.00 bits per heavy atom. The van der Waals surface area contributed by atoms with Gasteiger partial charge in [0.15, 0.2) is 0 Å². The zero-order chi connectivity index (χ0) is 11.3. The van der Waals surface area contributed by atoms with Gasteiger partial charge in [0.2, 0.25) is 0 Å². The lowest BCUT2D eigenvalue weighted by Gasteiger charge is -2.25. The van der Waals surface area contributed by atoms with E-state index in [9.17, 15) is 4.79 Å². The van der Waals surface area contributed by atoms with E-state index in [4.69, 9.17) is 9.47 Å². The van der Waals surface area contributed by atoms with E-state index >= 15 is 0 Å². The zero-order valence-corrected chi connectivity index (χ0v) is 9.41. The summed E-state index contributed by atoms with van der Waals surface area (Å²) in [5.41, 5.74) is 2.34. The van der Waals surface area contributed by atoms with Gasteiger partial charge >= 0.3 is 5.97 Å². The van der Waals surface area contributed by atoms with Crippen LogP contribution in [0, 0.1) is 0 Å². The van der Waals surface area contributed by atoms with E-state index in [1.54, 1.807) is 0 Å². The average Bonchev–Trinajstić information content (AvgIpc) is 2.17. The number of ether oxygens (including phenoxy) is 2. The normalized spacial score (nSPS) is 22.7. The highest BCUT2D eigenvalue weighted by molar-refractivity contribution is 5.66. The van der Waals surface area contributed by atoms with E-state index in [-0.39, 0.29) is 12.1 Å². The Morgan fingerprint density at radius 2 is 2.40 bits per heavy atom. The van der Waals surface area contributed by atoms with Gasteiger partial charge in [-0.25, -0.2) is 0 Å². The highest BCUT2D eigenvalue weighted by atomic mass is 16.5. The van der Waals surface area contributed by atoms with Crippen LogP contribution in [0.1, 0.15) is 26.7 Å². The maximum atomic E-state index is 10.6. The average molecular weight is 210 g/mol. The van der Waals surface area contributed by atoms with Gasteiger partial charge < -0.3 is 9.47 Å². The summed E-state index contributed by atoms with van der Waals surface area (Å²) in [5, 5.41) is 0. The van der Waals surface area contributed by atoms with Crippen molar-refractivity contribution >= 4 is 5.97 Å². The molecule has 1 saturated heterocycles. The molecule has 0 N–H and O–H groups in total. The van der Waals surface area contributed by atoms with Crippen LogP contribution in [0.25, 0.3) is 0 Å². The lowest BCUT2D eigenvalue weighted by Crippen LogP contribution is -2.21. The lowest BCUT2D eigenvalue weighted by molar-refractivity contribution is -0.139. The summed E-state index contributed by atoms with van der Waals surface area (Å²) in [4.78, 5) is 10.6. The van der Waals surface area contributed by atoms with Gasteiger partial charge in [0, 0.05) is 6.92 Å². The molecule has 1 aliphatic rings. The maximum absolute atomic E-state index is 10.6. The smallest absolute Gasteiger partial charge is 0.302 e. The Balaban J connectivity index is 2.40. The molecule has 0 amide bonds. The Labute approximate surface area is 90.8 Å². The number of hydrogen-bond acceptors (Lipinski definition) is 3. The van der Waals surface area contributed by atoms with Crippen molar-refractivity contribution in [2.24, 2.45) is 0 Å². The monoisotopic (exact) mass is 210 g/mol. The van der Waals surface area contributed by atoms with E-state index < -0.39 is 0 Å². The third-order valence-electron chi connectivity index (χ3n) is 2.45. The standard InChI is InChI=1S/C12H18O3/c1-9-4-6-15-12(8-9)10(2)5-7-14-11(3)13/h5,12H,1,4,6-8H2,2-3H3. The first-order valence-electron chi connectivity index (χ1n) is 5.18. The fourth-order valence-corrected chi connectivity index (χ4v) is 1.48. The number of hydrogen-bond donors (Lipinski definition) is 0. The van der Waals surface area contributed by atoms with E-state index in [1.165, 1.54) is 12.5 Å². The van der Waals surface area contributed by atoms with Crippen LogP contribution in [0.5, 0.6) is 0 Å². The molecule has 1 heterocycles. The van der Waals surface area contributed by atoms with Gasteiger partial charge in [-0.05, 0) is 31.4 Å². The van der Waals surface area contributed by atoms with E-state index in [1.807, 2.05) is 13.0 Å². The van der Waals surface area contributed by atoms with Gasteiger partial charge in [-0.15, -0.1) is 0 Å². The fourth-order valence-electron chi connectivity index (χ4n) is 1.48. The first-order chi connectivity index (χ1) is 7.09. The molecule has 1 rings (SSSR count). The van der Waals surface area contributed by atoms with Crippen LogP contribution in [-0.2, 0) is 14.3 Å². The molecule has 1 fully saturated rings. The molecule has 1 unspecified atom stereocenters. The van der Waals surface area contributed by atoms with Crippen molar-refractivity contribution in [2.75, 3.05) is 13.2 Å². The minimum atomic E-state index is -0.256. The second kappa shape index (κ2) is 5.71. The summed E-state index contributed by atoms with van der Waals surface area (Å²) in [6.45, 7) is 8.43. The number of rotatable bonds is 3. The largest absolute Gasteiger partial charge is 0.462 e. The van der Waals surface area contributed by atoms with Crippen molar-refractivity contribution in [2.45, 2.75) is 32.8 Å². The summed E-state index contributed by atoms with van der Waals surface area (Å²) in [6, 6.07) is 0. The third kappa shape index (κ3) is 4.30. The second-order valence-electron chi connectivity index (χ2n) is 3.81. The highest BCUT2D eigenvalue weighted by Crippen LogP contribution is 2.22. The Kier molecular flexibility index (Phi) is 4.56. The SMILES string of the molecule is C=C1CCOC(C(C)=CCOC(C)=O)C1. The van der Waals surface area contributed by atoms with E-state index in [0.717, 1.165) is 25.0 Å². The summed E-state index contributed by atoms with van der Waals surface area (Å²) in [6.07, 6.45) is 3.84. The Morgan fingerprint density at radius 1 is 1.67 bits per heavy atom. The van der Waals surface area contributed by atoms with Gasteiger partial charge in [-0.2, -0.15) is 0 Å². The van der Waals surface area contributed by atoms with E-state index in [2.05, 4.69) is 6.58 Å². The van der Waals surface area contributed by atoms with Crippen molar-refractivity contribution in [3.63, 3.8) is 0 Å². The first kappa shape index (κ1) is 12.0. The molecule has 3 nitrogen and oxygen atoms in total. The van der Waals surface area contributed by atoms with Crippen LogP contribution in [0.3, 0.4) is 0 Å². The molecule has 0 spiro atoms. The zero-order valence-electron chi connectivity index (χ0n) is 9.41. The van der Waals surface area contributed by atoms with Crippen LogP contribution in [0.15, 0.2) is 23.8 Å². The fraction of sp³-hybridized carbons (Fsp3) is 0.583. The van der Waals surface area contributed by atoms with Crippen molar-refractivity contribution in [1.82, 2.24) is 0 Å². The van der Waals surface area contributed by atoms with Crippen LogP contribution in [0.4, 0.5) is 0 Å². The molecule has 0 aromatic rings. The molecule has 0 aliphatic carbocycles. The molecular formula is C12H18O3. The van der Waals surface area contributed by atoms with Crippen LogP contribution >= 0.6 is 0 Å². The molecule has 1 aliphatic heterocycles. The van der Waals surface area contributed by atoms with Crippen molar-refractivity contribution in [3.05, 3.63) is 23.8 Å².